The number of fused-ring (bicyclic) bond motifs is 2. The summed E-state index contributed by atoms with van der Waals surface area (Å²) in [6, 6.07) is 8.22. The third-order valence-corrected chi connectivity index (χ3v) is 3.92. The minimum atomic E-state index is -0.596. The Balaban J connectivity index is 1.99. The van der Waals surface area contributed by atoms with Gasteiger partial charge in [0, 0.05) is 6.54 Å². The van der Waals surface area contributed by atoms with Crippen molar-refractivity contribution in [3.05, 3.63) is 35.4 Å². The van der Waals surface area contributed by atoms with E-state index in [0.717, 1.165) is 37.8 Å². The Bertz CT molecular complexity index is 538. The van der Waals surface area contributed by atoms with Gasteiger partial charge in [0.2, 0.25) is 0 Å². The van der Waals surface area contributed by atoms with Gasteiger partial charge in [0.1, 0.15) is 5.54 Å². The fraction of sp³-hybridized carbons (Fsp3) is 0.467. The van der Waals surface area contributed by atoms with E-state index in [1.807, 2.05) is 12.1 Å². The molecule has 3 rings (SSSR count). The number of rotatable bonds is 2. The largest absolute Gasteiger partial charge is 0.338 e. The van der Waals surface area contributed by atoms with Gasteiger partial charge in [-0.05, 0) is 36.8 Å². The van der Waals surface area contributed by atoms with E-state index < -0.39 is 5.54 Å². The third-order valence-electron chi connectivity index (χ3n) is 3.92. The van der Waals surface area contributed by atoms with Crippen LogP contribution >= 0.6 is 0 Å². The second kappa shape index (κ2) is 4.68. The van der Waals surface area contributed by atoms with Gasteiger partial charge in [-0.2, -0.15) is 0 Å². The van der Waals surface area contributed by atoms with Crippen molar-refractivity contribution < 1.29 is 4.79 Å². The van der Waals surface area contributed by atoms with Crippen molar-refractivity contribution in [3.8, 4) is 0 Å². The maximum Gasteiger partial charge on any atom is 0.257 e. The second-order valence-corrected chi connectivity index (χ2v) is 5.23. The highest BCUT2D eigenvalue weighted by Gasteiger charge is 2.48. The summed E-state index contributed by atoms with van der Waals surface area (Å²) in [5, 5.41) is 6.23. The molecule has 0 saturated carbocycles. The molecule has 0 aromatic heterocycles. The van der Waals surface area contributed by atoms with Crippen LogP contribution in [0.3, 0.4) is 0 Å². The molecule has 0 bridgehead atoms. The lowest BCUT2D eigenvalue weighted by Crippen LogP contribution is -2.46. The second-order valence-electron chi connectivity index (χ2n) is 5.23. The summed E-state index contributed by atoms with van der Waals surface area (Å²) in [6.07, 6.45) is 3.89. The Labute approximate surface area is 113 Å². The lowest BCUT2D eigenvalue weighted by atomic mass is 9.76. The van der Waals surface area contributed by atoms with Crippen molar-refractivity contribution in [2.75, 3.05) is 6.54 Å². The molecule has 1 saturated heterocycles. The van der Waals surface area contributed by atoms with Crippen molar-refractivity contribution in [1.82, 2.24) is 10.6 Å². The fourth-order valence-electron chi connectivity index (χ4n) is 3.01. The molecule has 1 spiro atoms. The maximum absolute atomic E-state index is 12.4. The van der Waals surface area contributed by atoms with Gasteiger partial charge >= 0.3 is 0 Å². The summed E-state index contributed by atoms with van der Waals surface area (Å²) in [5.74, 6) is 0.665. The lowest BCUT2D eigenvalue weighted by Gasteiger charge is -2.33. The summed E-state index contributed by atoms with van der Waals surface area (Å²) in [5.41, 5.74) is 1.79. The normalized spacial score (nSPS) is 27.2. The topological polar surface area (TPSA) is 53.5 Å². The van der Waals surface area contributed by atoms with E-state index in [9.17, 15) is 4.79 Å². The molecule has 1 aliphatic carbocycles. The average Bonchev–Trinajstić information content (AvgIpc) is 2.74. The van der Waals surface area contributed by atoms with Crippen LogP contribution in [-0.4, -0.2) is 18.4 Å². The summed E-state index contributed by atoms with van der Waals surface area (Å²) < 4.78 is 0. The summed E-state index contributed by atoms with van der Waals surface area (Å²) in [6.45, 7) is 2.81. The number of amides is 1. The number of benzene rings is 1. The summed E-state index contributed by atoms with van der Waals surface area (Å²) in [7, 11) is 0. The molecule has 1 aromatic carbocycles. The SMILES string of the molecule is CCCN=C1NC(=O)C2(CCCc3ccccc32)N1. The highest BCUT2D eigenvalue weighted by Crippen LogP contribution is 2.37. The van der Waals surface area contributed by atoms with Crippen LogP contribution in [0.15, 0.2) is 29.3 Å². The Hall–Kier alpha value is -1.84. The van der Waals surface area contributed by atoms with E-state index in [4.69, 9.17) is 0 Å². The van der Waals surface area contributed by atoms with Crippen LogP contribution in [0.1, 0.15) is 37.3 Å². The van der Waals surface area contributed by atoms with Crippen LogP contribution in [-0.2, 0) is 16.8 Å². The monoisotopic (exact) mass is 257 g/mol. The first-order valence-corrected chi connectivity index (χ1v) is 6.99. The molecule has 1 atom stereocenters. The zero-order chi connectivity index (χ0) is 13.3. The van der Waals surface area contributed by atoms with E-state index in [1.54, 1.807) is 0 Å². The number of aryl methyl sites for hydroxylation is 1. The molecule has 1 heterocycles. The van der Waals surface area contributed by atoms with Crippen molar-refractivity contribution in [2.45, 2.75) is 38.1 Å². The fourth-order valence-corrected chi connectivity index (χ4v) is 3.01. The molecule has 2 N–H and O–H groups in total. The van der Waals surface area contributed by atoms with Crippen molar-refractivity contribution >= 4 is 11.9 Å². The van der Waals surface area contributed by atoms with Crippen LogP contribution in [0.2, 0.25) is 0 Å². The van der Waals surface area contributed by atoms with Crippen LogP contribution < -0.4 is 10.6 Å². The van der Waals surface area contributed by atoms with Gasteiger partial charge in [0.25, 0.3) is 5.91 Å². The van der Waals surface area contributed by atoms with Gasteiger partial charge in [-0.25, -0.2) is 0 Å². The van der Waals surface area contributed by atoms with E-state index >= 15 is 0 Å². The number of nitrogens with zero attached hydrogens (tertiary/aromatic N) is 1. The first-order valence-electron chi connectivity index (χ1n) is 6.99. The minimum absolute atomic E-state index is 0.0366. The molecule has 0 radical (unpaired) electrons. The van der Waals surface area contributed by atoms with Crippen molar-refractivity contribution in [2.24, 2.45) is 4.99 Å². The molecule has 4 nitrogen and oxygen atoms in total. The highest BCUT2D eigenvalue weighted by molar-refractivity contribution is 6.09. The zero-order valence-electron chi connectivity index (χ0n) is 11.2. The zero-order valence-corrected chi connectivity index (χ0v) is 11.2. The minimum Gasteiger partial charge on any atom is -0.338 e. The highest BCUT2D eigenvalue weighted by atomic mass is 16.2. The predicted molar refractivity (Wildman–Crippen MR) is 74.9 cm³/mol. The molecule has 2 aliphatic rings. The quantitative estimate of drug-likeness (QED) is 0.847. The van der Waals surface area contributed by atoms with Gasteiger partial charge in [0.05, 0.1) is 0 Å². The number of hydrogen-bond acceptors (Lipinski definition) is 2. The Kier molecular flexibility index (Phi) is 3.01. The van der Waals surface area contributed by atoms with Crippen LogP contribution in [0.25, 0.3) is 0 Å². The number of aliphatic imine (C=N–C) groups is 1. The molecule has 4 heteroatoms. The predicted octanol–water partition coefficient (Wildman–Crippen LogP) is 1.70. The van der Waals surface area contributed by atoms with Gasteiger partial charge in [-0.3, -0.25) is 15.1 Å². The van der Waals surface area contributed by atoms with Gasteiger partial charge in [-0.15, -0.1) is 0 Å². The number of nitrogens with one attached hydrogen (secondary N) is 2. The van der Waals surface area contributed by atoms with E-state index in [0.29, 0.717) is 5.96 Å². The molecule has 1 aromatic rings. The first kappa shape index (κ1) is 12.2. The number of carbonyl (C=O) groups is 1. The Morgan fingerprint density at radius 2 is 2.21 bits per heavy atom. The average molecular weight is 257 g/mol. The maximum atomic E-state index is 12.4. The molecule has 100 valence electrons. The van der Waals surface area contributed by atoms with Crippen LogP contribution in [0, 0.1) is 0 Å². The van der Waals surface area contributed by atoms with Crippen molar-refractivity contribution in [1.29, 1.82) is 0 Å². The third kappa shape index (κ3) is 1.91. The molecule has 1 amide bonds. The lowest BCUT2D eigenvalue weighted by molar-refractivity contribution is -0.124. The van der Waals surface area contributed by atoms with Gasteiger partial charge < -0.3 is 5.32 Å². The Morgan fingerprint density at radius 3 is 3.05 bits per heavy atom. The summed E-state index contributed by atoms with van der Waals surface area (Å²) in [4.78, 5) is 16.8. The van der Waals surface area contributed by atoms with Gasteiger partial charge in [0.15, 0.2) is 5.96 Å². The molecular formula is C15H19N3O. The number of hydrogen-bond donors (Lipinski definition) is 2. The summed E-state index contributed by atoms with van der Waals surface area (Å²) >= 11 is 0. The van der Waals surface area contributed by atoms with E-state index in [2.05, 4.69) is 34.7 Å². The van der Waals surface area contributed by atoms with Crippen LogP contribution in [0.4, 0.5) is 0 Å². The molecule has 1 unspecified atom stereocenters. The van der Waals surface area contributed by atoms with Crippen molar-refractivity contribution in [3.63, 3.8) is 0 Å². The molecule has 1 aliphatic heterocycles. The standard InChI is InChI=1S/C15H19N3O/c1-2-10-16-14-17-13(19)15(18-14)9-5-7-11-6-3-4-8-12(11)15/h3-4,6,8H,2,5,7,9-10H2,1H3,(H2,16,17,18,19). The Morgan fingerprint density at radius 1 is 1.37 bits per heavy atom. The molecule has 1 fully saturated rings. The van der Waals surface area contributed by atoms with E-state index in [-0.39, 0.29) is 5.91 Å². The number of guanidine groups is 1. The van der Waals surface area contributed by atoms with Crippen LogP contribution in [0.5, 0.6) is 0 Å². The van der Waals surface area contributed by atoms with E-state index in [1.165, 1.54) is 5.56 Å². The number of carbonyl (C=O) groups excluding carboxylic acids is 1. The van der Waals surface area contributed by atoms with Gasteiger partial charge in [-0.1, -0.05) is 31.2 Å². The molecule has 19 heavy (non-hydrogen) atoms. The molecular weight excluding hydrogens is 238 g/mol. The first-order chi connectivity index (χ1) is 9.26. The smallest absolute Gasteiger partial charge is 0.257 e.